The number of carboxylic acids is 1. The summed E-state index contributed by atoms with van der Waals surface area (Å²) in [5.74, 6) is -0.742. The molecule has 0 aromatic carbocycles. The van der Waals surface area contributed by atoms with Gasteiger partial charge in [-0.25, -0.2) is 0 Å². The van der Waals surface area contributed by atoms with Crippen molar-refractivity contribution in [3.63, 3.8) is 0 Å². The zero-order valence-electron chi connectivity index (χ0n) is 7.97. The molecular formula is C9H19NO2. The van der Waals surface area contributed by atoms with Crippen molar-refractivity contribution < 1.29 is 9.90 Å². The first-order chi connectivity index (χ1) is 5.63. The molecule has 0 fully saturated rings. The molecule has 3 nitrogen and oxygen atoms in total. The predicted octanol–water partition coefficient (Wildman–Crippen LogP) is 1.62. The lowest BCUT2D eigenvalue weighted by Crippen LogP contribution is -2.38. The minimum Gasteiger partial charge on any atom is -0.481 e. The summed E-state index contributed by atoms with van der Waals surface area (Å²) < 4.78 is 0. The van der Waals surface area contributed by atoms with Crippen LogP contribution in [0.4, 0.5) is 0 Å². The summed E-state index contributed by atoms with van der Waals surface area (Å²) in [6, 6.07) is 0. The Hall–Kier alpha value is -0.570. The van der Waals surface area contributed by atoms with Gasteiger partial charge in [0.05, 0.1) is 5.41 Å². The molecule has 0 spiro atoms. The highest BCUT2D eigenvalue weighted by molar-refractivity contribution is 5.74. The maximum Gasteiger partial charge on any atom is 0.310 e. The van der Waals surface area contributed by atoms with E-state index in [0.29, 0.717) is 12.8 Å². The molecule has 0 bridgehead atoms. The largest absolute Gasteiger partial charge is 0.481 e. The van der Waals surface area contributed by atoms with Crippen molar-refractivity contribution in [2.24, 2.45) is 11.1 Å². The smallest absolute Gasteiger partial charge is 0.310 e. The third-order valence-corrected chi connectivity index (χ3v) is 2.30. The van der Waals surface area contributed by atoms with Gasteiger partial charge in [-0.15, -0.1) is 0 Å². The summed E-state index contributed by atoms with van der Waals surface area (Å²) in [6.07, 6.45) is 3.13. The van der Waals surface area contributed by atoms with E-state index in [-0.39, 0.29) is 6.54 Å². The first-order valence-electron chi connectivity index (χ1n) is 4.56. The summed E-state index contributed by atoms with van der Waals surface area (Å²) >= 11 is 0. The van der Waals surface area contributed by atoms with Crippen LogP contribution in [0.25, 0.3) is 0 Å². The Morgan fingerprint density at radius 2 is 1.75 bits per heavy atom. The zero-order chi connectivity index (χ0) is 9.61. The second-order valence-corrected chi connectivity index (χ2v) is 3.29. The van der Waals surface area contributed by atoms with E-state index in [1.165, 1.54) is 0 Å². The van der Waals surface area contributed by atoms with Crippen molar-refractivity contribution in [1.82, 2.24) is 0 Å². The maximum absolute atomic E-state index is 11.0. The van der Waals surface area contributed by atoms with Gasteiger partial charge in [-0.1, -0.05) is 26.7 Å². The topological polar surface area (TPSA) is 63.3 Å². The first kappa shape index (κ1) is 11.4. The van der Waals surface area contributed by atoms with E-state index < -0.39 is 11.4 Å². The van der Waals surface area contributed by atoms with Crippen LogP contribution in [-0.4, -0.2) is 17.6 Å². The van der Waals surface area contributed by atoms with Gasteiger partial charge in [-0.05, 0) is 12.8 Å². The highest BCUT2D eigenvalue weighted by Gasteiger charge is 2.34. The number of carbonyl (C=O) groups is 1. The molecular weight excluding hydrogens is 154 g/mol. The number of aliphatic carboxylic acids is 1. The van der Waals surface area contributed by atoms with Crippen LogP contribution in [-0.2, 0) is 4.79 Å². The molecule has 0 radical (unpaired) electrons. The quantitative estimate of drug-likeness (QED) is 0.641. The third kappa shape index (κ3) is 2.48. The van der Waals surface area contributed by atoms with Crippen molar-refractivity contribution in [2.75, 3.05) is 6.54 Å². The van der Waals surface area contributed by atoms with Gasteiger partial charge in [0.1, 0.15) is 0 Å². The van der Waals surface area contributed by atoms with Crippen LogP contribution >= 0.6 is 0 Å². The predicted molar refractivity (Wildman–Crippen MR) is 48.9 cm³/mol. The summed E-state index contributed by atoms with van der Waals surface area (Å²) in [7, 11) is 0. The molecule has 12 heavy (non-hydrogen) atoms. The van der Waals surface area contributed by atoms with Crippen molar-refractivity contribution in [2.45, 2.75) is 39.5 Å². The molecule has 0 saturated heterocycles. The Morgan fingerprint density at radius 3 is 1.92 bits per heavy atom. The van der Waals surface area contributed by atoms with Gasteiger partial charge in [0.25, 0.3) is 0 Å². The second kappa shape index (κ2) is 5.14. The van der Waals surface area contributed by atoms with Crippen LogP contribution in [0.3, 0.4) is 0 Å². The monoisotopic (exact) mass is 173 g/mol. The minimum atomic E-state index is -0.742. The number of hydrogen-bond acceptors (Lipinski definition) is 2. The lowest BCUT2D eigenvalue weighted by molar-refractivity contribution is -0.149. The summed E-state index contributed by atoms with van der Waals surface area (Å²) in [4.78, 5) is 11.0. The van der Waals surface area contributed by atoms with Crippen molar-refractivity contribution in [1.29, 1.82) is 0 Å². The van der Waals surface area contributed by atoms with Gasteiger partial charge in [-0.3, -0.25) is 4.79 Å². The molecule has 72 valence electrons. The number of nitrogens with two attached hydrogens (primary N) is 1. The molecule has 0 unspecified atom stereocenters. The molecule has 0 heterocycles. The van der Waals surface area contributed by atoms with E-state index in [1.54, 1.807) is 0 Å². The molecule has 0 aliphatic carbocycles. The molecule has 0 saturated carbocycles. The summed E-state index contributed by atoms with van der Waals surface area (Å²) in [5, 5.41) is 9.01. The SMILES string of the molecule is CCCC(CN)(CCC)C(=O)O. The zero-order valence-corrected chi connectivity index (χ0v) is 7.97. The Bertz CT molecular complexity index is 139. The lowest BCUT2D eigenvalue weighted by Gasteiger charge is -2.26. The second-order valence-electron chi connectivity index (χ2n) is 3.29. The highest BCUT2D eigenvalue weighted by Crippen LogP contribution is 2.28. The fourth-order valence-electron chi connectivity index (χ4n) is 1.59. The first-order valence-corrected chi connectivity index (χ1v) is 4.56. The van der Waals surface area contributed by atoms with Gasteiger partial charge in [0, 0.05) is 6.54 Å². The average Bonchev–Trinajstić information content (AvgIpc) is 2.03. The normalized spacial score (nSPS) is 11.6. The minimum absolute atomic E-state index is 0.254. The van der Waals surface area contributed by atoms with Crippen molar-refractivity contribution in [3.8, 4) is 0 Å². The van der Waals surface area contributed by atoms with Crippen LogP contribution in [0, 0.1) is 5.41 Å². The Balaban J connectivity index is 4.39. The van der Waals surface area contributed by atoms with Gasteiger partial charge in [-0.2, -0.15) is 0 Å². The van der Waals surface area contributed by atoms with Gasteiger partial charge >= 0.3 is 5.97 Å². The van der Waals surface area contributed by atoms with E-state index in [0.717, 1.165) is 12.8 Å². The molecule has 0 aromatic rings. The summed E-state index contributed by atoms with van der Waals surface area (Å²) in [5.41, 5.74) is 4.84. The Kier molecular flexibility index (Phi) is 4.90. The molecule has 0 aliphatic heterocycles. The maximum atomic E-state index is 11.0. The van der Waals surface area contributed by atoms with Crippen LogP contribution in [0.15, 0.2) is 0 Å². The van der Waals surface area contributed by atoms with Crippen LogP contribution in [0.5, 0.6) is 0 Å². The number of hydrogen-bond donors (Lipinski definition) is 2. The molecule has 3 heteroatoms. The molecule has 3 N–H and O–H groups in total. The number of rotatable bonds is 6. The Morgan fingerprint density at radius 1 is 1.33 bits per heavy atom. The van der Waals surface area contributed by atoms with E-state index in [4.69, 9.17) is 10.8 Å². The molecule has 0 rings (SSSR count). The third-order valence-electron chi connectivity index (χ3n) is 2.30. The highest BCUT2D eigenvalue weighted by atomic mass is 16.4. The average molecular weight is 173 g/mol. The standard InChI is InChI=1S/C9H19NO2/c1-3-5-9(7-10,6-4-2)8(11)12/h3-7,10H2,1-2H3,(H,11,12). The van der Waals surface area contributed by atoms with Crippen molar-refractivity contribution >= 4 is 5.97 Å². The Labute approximate surface area is 74.0 Å². The van der Waals surface area contributed by atoms with Crippen LogP contribution in [0.1, 0.15) is 39.5 Å². The van der Waals surface area contributed by atoms with Crippen LogP contribution in [0.2, 0.25) is 0 Å². The van der Waals surface area contributed by atoms with Gasteiger partial charge in [0.2, 0.25) is 0 Å². The fraction of sp³-hybridized carbons (Fsp3) is 0.889. The van der Waals surface area contributed by atoms with E-state index >= 15 is 0 Å². The summed E-state index contributed by atoms with van der Waals surface area (Å²) in [6.45, 7) is 4.23. The molecule has 0 atom stereocenters. The van der Waals surface area contributed by atoms with E-state index in [1.807, 2.05) is 13.8 Å². The van der Waals surface area contributed by atoms with E-state index in [9.17, 15) is 4.79 Å². The number of carboxylic acid groups (broad SMARTS) is 1. The van der Waals surface area contributed by atoms with E-state index in [2.05, 4.69) is 0 Å². The molecule has 0 amide bonds. The molecule has 0 aliphatic rings. The van der Waals surface area contributed by atoms with Gasteiger partial charge in [0.15, 0.2) is 0 Å². The fourth-order valence-corrected chi connectivity index (χ4v) is 1.59. The lowest BCUT2D eigenvalue weighted by atomic mass is 9.79. The van der Waals surface area contributed by atoms with Gasteiger partial charge < -0.3 is 10.8 Å². The van der Waals surface area contributed by atoms with Crippen LogP contribution < -0.4 is 5.73 Å². The van der Waals surface area contributed by atoms with Crippen molar-refractivity contribution in [3.05, 3.63) is 0 Å². The molecule has 0 aromatic heterocycles.